The average molecular weight is 200 g/mol. The van der Waals surface area contributed by atoms with Crippen LogP contribution in [0.5, 0.6) is 0 Å². The molecule has 0 rings (SSSR count). The van der Waals surface area contributed by atoms with Crippen molar-refractivity contribution >= 4 is 18.5 Å². The summed E-state index contributed by atoms with van der Waals surface area (Å²) in [4.78, 5) is 10.3. The third-order valence-electron chi connectivity index (χ3n) is 0.840. The van der Waals surface area contributed by atoms with Crippen LogP contribution in [0.2, 0.25) is 0 Å². The van der Waals surface area contributed by atoms with E-state index in [-0.39, 0.29) is 4.91 Å². The summed E-state index contributed by atoms with van der Waals surface area (Å²) >= 11 is 3.51. The van der Waals surface area contributed by atoms with Crippen LogP contribution in [0.15, 0.2) is 11.1 Å². The van der Waals surface area contributed by atoms with Crippen LogP contribution in [0.3, 0.4) is 0 Å². The Kier molecular flexibility index (Phi) is 3.94. The fourth-order valence-electron chi connectivity index (χ4n) is 0.347. The number of amides is 1. The fraction of sp³-hybridized carbons (Fsp3) is 0.400. The maximum atomic E-state index is 11.5. The number of carbonyl (C=O) groups is 1. The largest absolute Gasteiger partial charge is 0.405 e. The Morgan fingerprint density at radius 1 is 1.58 bits per heavy atom. The molecule has 3 nitrogen and oxygen atoms in total. The van der Waals surface area contributed by atoms with Crippen molar-refractivity contribution in [3.63, 3.8) is 0 Å². The second-order valence-corrected chi connectivity index (χ2v) is 2.33. The summed E-state index contributed by atoms with van der Waals surface area (Å²) in [6.45, 7) is -1.39. The van der Waals surface area contributed by atoms with Crippen molar-refractivity contribution in [1.29, 1.82) is 0 Å². The number of alkyl halides is 3. The minimum Gasteiger partial charge on any atom is -0.404 e. The number of hydrogen-bond acceptors (Lipinski definition) is 3. The van der Waals surface area contributed by atoms with Gasteiger partial charge >= 0.3 is 6.18 Å². The summed E-state index contributed by atoms with van der Waals surface area (Å²) in [6.07, 6.45) is -3.60. The number of carbonyl (C=O) groups excluding carboxylic acids is 1. The summed E-state index contributed by atoms with van der Waals surface area (Å²) in [5.74, 6) is -0.946. The monoisotopic (exact) mass is 200 g/mol. The topological polar surface area (TPSA) is 55.1 Å². The third-order valence-corrected chi connectivity index (χ3v) is 1.19. The highest BCUT2D eigenvalue weighted by atomic mass is 32.1. The molecular weight excluding hydrogens is 193 g/mol. The van der Waals surface area contributed by atoms with Gasteiger partial charge < -0.3 is 11.1 Å². The molecule has 0 aromatic heterocycles. The van der Waals surface area contributed by atoms with E-state index in [0.29, 0.717) is 0 Å². The van der Waals surface area contributed by atoms with Gasteiger partial charge in [-0.3, -0.25) is 4.79 Å². The van der Waals surface area contributed by atoms with Gasteiger partial charge in [0.15, 0.2) is 0 Å². The highest BCUT2D eigenvalue weighted by Gasteiger charge is 2.27. The van der Waals surface area contributed by atoms with E-state index < -0.39 is 18.6 Å². The zero-order valence-electron chi connectivity index (χ0n) is 5.85. The van der Waals surface area contributed by atoms with Crippen LogP contribution in [-0.2, 0) is 4.79 Å². The van der Waals surface area contributed by atoms with Crippen LogP contribution < -0.4 is 11.1 Å². The van der Waals surface area contributed by atoms with Gasteiger partial charge in [0.1, 0.15) is 6.54 Å². The number of thiol groups is 1. The van der Waals surface area contributed by atoms with Gasteiger partial charge in [-0.05, 0) is 0 Å². The van der Waals surface area contributed by atoms with Crippen LogP contribution in [0.1, 0.15) is 0 Å². The Bertz CT molecular complexity index is 201. The van der Waals surface area contributed by atoms with Crippen molar-refractivity contribution in [1.82, 2.24) is 5.32 Å². The van der Waals surface area contributed by atoms with Crippen molar-refractivity contribution in [3.05, 3.63) is 11.1 Å². The summed E-state index contributed by atoms with van der Waals surface area (Å²) in [7, 11) is 0. The maximum Gasteiger partial charge on any atom is 0.405 e. The lowest BCUT2D eigenvalue weighted by Gasteiger charge is -2.07. The van der Waals surface area contributed by atoms with Gasteiger partial charge in [-0.25, -0.2) is 0 Å². The molecule has 0 heterocycles. The van der Waals surface area contributed by atoms with Crippen molar-refractivity contribution in [2.45, 2.75) is 6.18 Å². The molecular formula is C5H7F3N2OS. The highest BCUT2D eigenvalue weighted by Crippen LogP contribution is 2.12. The van der Waals surface area contributed by atoms with Crippen LogP contribution in [0, 0.1) is 0 Å². The molecule has 0 fully saturated rings. The van der Waals surface area contributed by atoms with E-state index in [1.165, 1.54) is 0 Å². The summed E-state index contributed by atoms with van der Waals surface area (Å²) < 4.78 is 34.5. The minimum atomic E-state index is -4.42. The lowest BCUT2D eigenvalue weighted by Crippen LogP contribution is -2.33. The summed E-state index contributed by atoms with van der Waals surface area (Å²) in [6, 6.07) is 0. The molecule has 0 aromatic rings. The molecule has 0 unspecified atom stereocenters. The average Bonchev–Trinajstić information content (AvgIpc) is 1.97. The molecule has 0 aliphatic carbocycles. The van der Waals surface area contributed by atoms with Crippen LogP contribution in [0.4, 0.5) is 13.2 Å². The Morgan fingerprint density at radius 3 is 2.42 bits per heavy atom. The van der Waals surface area contributed by atoms with E-state index in [1.807, 2.05) is 0 Å². The van der Waals surface area contributed by atoms with Gasteiger partial charge in [-0.1, -0.05) is 0 Å². The lowest BCUT2D eigenvalue weighted by molar-refractivity contribution is -0.135. The molecule has 0 saturated carbocycles. The second kappa shape index (κ2) is 4.24. The molecule has 0 bridgehead atoms. The van der Waals surface area contributed by atoms with Gasteiger partial charge in [-0.2, -0.15) is 13.2 Å². The van der Waals surface area contributed by atoms with E-state index in [9.17, 15) is 18.0 Å². The molecule has 0 saturated heterocycles. The Balaban J connectivity index is 3.89. The van der Waals surface area contributed by atoms with E-state index in [4.69, 9.17) is 5.73 Å². The van der Waals surface area contributed by atoms with Gasteiger partial charge in [0.25, 0.3) is 5.91 Å². The summed E-state index contributed by atoms with van der Waals surface area (Å²) in [5, 5.41) is 1.58. The van der Waals surface area contributed by atoms with E-state index >= 15 is 0 Å². The fourth-order valence-corrected chi connectivity index (χ4v) is 0.426. The van der Waals surface area contributed by atoms with Crippen LogP contribution in [-0.4, -0.2) is 18.6 Å². The number of nitrogens with two attached hydrogens (primary N) is 1. The molecule has 12 heavy (non-hydrogen) atoms. The molecule has 1 amide bonds. The Labute approximate surface area is 72.2 Å². The molecule has 0 aromatic carbocycles. The number of hydrogen-bond donors (Lipinski definition) is 3. The minimum absolute atomic E-state index is 0.251. The van der Waals surface area contributed by atoms with Crippen molar-refractivity contribution < 1.29 is 18.0 Å². The van der Waals surface area contributed by atoms with Crippen molar-refractivity contribution in [2.75, 3.05) is 6.54 Å². The van der Waals surface area contributed by atoms with Crippen LogP contribution in [0.25, 0.3) is 0 Å². The summed E-state index contributed by atoms with van der Waals surface area (Å²) in [5.41, 5.74) is 4.83. The molecule has 70 valence electrons. The Morgan fingerprint density at radius 2 is 2.08 bits per heavy atom. The normalized spacial score (nSPS) is 12.8. The molecule has 0 spiro atoms. The molecule has 3 N–H and O–H groups in total. The van der Waals surface area contributed by atoms with Crippen molar-refractivity contribution in [2.24, 2.45) is 5.73 Å². The van der Waals surface area contributed by atoms with E-state index in [2.05, 4.69) is 12.6 Å². The Hall–Kier alpha value is -0.850. The predicted octanol–water partition coefficient (Wildman–Crippen LogP) is 0.395. The number of rotatable bonds is 2. The first kappa shape index (κ1) is 11.2. The molecule has 0 radical (unpaired) electrons. The zero-order chi connectivity index (χ0) is 9.78. The van der Waals surface area contributed by atoms with Gasteiger partial charge in [0.05, 0.1) is 4.91 Å². The lowest BCUT2D eigenvalue weighted by atomic mass is 10.5. The predicted molar refractivity (Wildman–Crippen MR) is 40.3 cm³/mol. The SMILES string of the molecule is N/C=C(\S)C(=O)NCC(F)(F)F. The van der Waals surface area contributed by atoms with Gasteiger partial charge in [0.2, 0.25) is 0 Å². The third kappa shape index (κ3) is 4.89. The number of halogens is 3. The zero-order valence-corrected chi connectivity index (χ0v) is 6.75. The first-order valence-corrected chi connectivity index (χ1v) is 3.27. The molecule has 0 aliphatic heterocycles. The second-order valence-electron chi connectivity index (χ2n) is 1.85. The standard InChI is InChI=1S/C5H7F3N2OS/c6-5(7,8)2-10-4(11)3(12)1-9/h1,12H,2,9H2,(H,10,11)/b3-1-. The number of nitrogens with one attached hydrogen (secondary N) is 1. The molecule has 7 heteroatoms. The first-order valence-electron chi connectivity index (χ1n) is 2.82. The molecule has 0 aliphatic rings. The van der Waals surface area contributed by atoms with Crippen LogP contribution >= 0.6 is 12.6 Å². The molecule has 0 atom stereocenters. The van der Waals surface area contributed by atoms with Gasteiger partial charge in [0, 0.05) is 6.20 Å². The van der Waals surface area contributed by atoms with E-state index in [0.717, 1.165) is 6.20 Å². The smallest absolute Gasteiger partial charge is 0.404 e. The quantitative estimate of drug-likeness (QED) is 0.446. The first-order chi connectivity index (χ1) is 5.37. The van der Waals surface area contributed by atoms with Crippen molar-refractivity contribution in [3.8, 4) is 0 Å². The highest BCUT2D eigenvalue weighted by molar-refractivity contribution is 7.85. The van der Waals surface area contributed by atoms with E-state index in [1.54, 1.807) is 5.32 Å². The van der Waals surface area contributed by atoms with Gasteiger partial charge in [-0.15, -0.1) is 12.6 Å². The maximum absolute atomic E-state index is 11.5.